The zero-order chi connectivity index (χ0) is 30.6. The van der Waals surface area contributed by atoms with Crippen molar-refractivity contribution in [3.63, 3.8) is 0 Å². The standard InChI is InChI=1S/C31H32O11/c1-19(32)40-25-13-10-21(16-27(25)37-4)11-15-30(34)39-18-29(42-24-9-7-6-8-23(24)36-3)31(35)22-12-14-26(41-20(2)33)28(17-22)38-5/h6-17,29,31,35H,18H2,1-5H3/b15-11+/t29-,31+/m0/s1. The zero-order valence-corrected chi connectivity index (χ0v) is 23.8. The molecule has 0 saturated heterocycles. The average molecular weight is 581 g/mol. The van der Waals surface area contributed by atoms with Crippen LogP contribution in [-0.4, -0.2) is 57.1 Å². The van der Waals surface area contributed by atoms with Crippen LogP contribution in [0.1, 0.15) is 31.1 Å². The number of esters is 3. The number of carbonyl (C=O) groups is 3. The van der Waals surface area contributed by atoms with Gasteiger partial charge in [0.05, 0.1) is 21.3 Å². The van der Waals surface area contributed by atoms with Gasteiger partial charge in [0.25, 0.3) is 0 Å². The molecule has 42 heavy (non-hydrogen) atoms. The summed E-state index contributed by atoms with van der Waals surface area (Å²) >= 11 is 0. The van der Waals surface area contributed by atoms with E-state index in [4.69, 9.17) is 33.2 Å². The van der Waals surface area contributed by atoms with Crippen molar-refractivity contribution in [3.05, 3.63) is 77.9 Å². The lowest BCUT2D eigenvalue weighted by atomic mass is 10.0. The van der Waals surface area contributed by atoms with Crippen LogP contribution in [0.5, 0.6) is 34.5 Å². The van der Waals surface area contributed by atoms with E-state index in [0.29, 0.717) is 28.4 Å². The molecule has 3 aromatic carbocycles. The molecule has 0 fully saturated rings. The highest BCUT2D eigenvalue weighted by atomic mass is 16.6. The highest BCUT2D eigenvalue weighted by Crippen LogP contribution is 2.34. The summed E-state index contributed by atoms with van der Waals surface area (Å²) in [4.78, 5) is 35.3. The van der Waals surface area contributed by atoms with Crippen molar-refractivity contribution >= 4 is 24.0 Å². The van der Waals surface area contributed by atoms with Crippen molar-refractivity contribution in [3.8, 4) is 34.5 Å². The number of hydrogen-bond acceptors (Lipinski definition) is 11. The molecule has 0 amide bonds. The number of carbonyl (C=O) groups excluding carboxylic acids is 3. The molecule has 0 unspecified atom stereocenters. The van der Waals surface area contributed by atoms with Crippen molar-refractivity contribution in [1.82, 2.24) is 0 Å². The van der Waals surface area contributed by atoms with E-state index in [9.17, 15) is 19.5 Å². The Bertz CT molecular complexity index is 1430. The fourth-order valence-electron chi connectivity index (χ4n) is 3.79. The smallest absolute Gasteiger partial charge is 0.330 e. The lowest BCUT2D eigenvalue weighted by Gasteiger charge is -2.25. The predicted octanol–water partition coefficient (Wildman–Crippen LogP) is 4.30. The van der Waals surface area contributed by atoms with Crippen molar-refractivity contribution in [1.29, 1.82) is 0 Å². The Hall–Kier alpha value is -5.03. The molecule has 0 aromatic heterocycles. The third kappa shape index (κ3) is 8.73. The fourth-order valence-corrected chi connectivity index (χ4v) is 3.79. The van der Waals surface area contributed by atoms with E-state index >= 15 is 0 Å². The van der Waals surface area contributed by atoms with Crippen molar-refractivity contribution in [2.75, 3.05) is 27.9 Å². The van der Waals surface area contributed by atoms with Gasteiger partial charge in [-0.2, -0.15) is 0 Å². The monoisotopic (exact) mass is 580 g/mol. The minimum absolute atomic E-state index is 0.178. The molecule has 2 atom stereocenters. The highest BCUT2D eigenvalue weighted by Gasteiger charge is 2.27. The summed E-state index contributed by atoms with van der Waals surface area (Å²) in [5.41, 5.74) is 0.940. The van der Waals surface area contributed by atoms with Crippen LogP contribution in [0.3, 0.4) is 0 Å². The van der Waals surface area contributed by atoms with Crippen LogP contribution in [0.25, 0.3) is 6.08 Å². The van der Waals surface area contributed by atoms with Crippen LogP contribution in [-0.2, 0) is 19.1 Å². The van der Waals surface area contributed by atoms with Gasteiger partial charge in [0.15, 0.2) is 40.6 Å². The number of benzene rings is 3. The lowest BCUT2D eigenvalue weighted by molar-refractivity contribution is -0.142. The number of methoxy groups -OCH3 is 3. The van der Waals surface area contributed by atoms with E-state index in [1.54, 1.807) is 48.5 Å². The number of hydrogen-bond donors (Lipinski definition) is 1. The average Bonchev–Trinajstić information content (AvgIpc) is 2.98. The molecule has 0 radical (unpaired) electrons. The highest BCUT2D eigenvalue weighted by molar-refractivity contribution is 5.87. The normalized spacial score (nSPS) is 12.1. The van der Waals surface area contributed by atoms with Gasteiger partial charge < -0.3 is 38.3 Å². The minimum Gasteiger partial charge on any atom is -0.493 e. The van der Waals surface area contributed by atoms with Gasteiger partial charge in [-0.3, -0.25) is 9.59 Å². The lowest BCUT2D eigenvalue weighted by Crippen LogP contribution is -2.31. The molecular formula is C31H32O11. The maximum atomic E-state index is 12.6. The molecule has 0 saturated carbocycles. The summed E-state index contributed by atoms with van der Waals surface area (Å²) in [5.74, 6) is -0.0544. The topological polar surface area (TPSA) is 136 Å². The number of rotatable bonds is 13. The first kappa shape index (κ1) is 31.5. The second kappa shape index (κ2) is 15.1. The first-order chi connectivity index (χ1) is 20.1. The largest absolute Gasteiger partial charge is 0.493 e. The van der Waals surface area contributed by atoms with Crippen LogP contribution in [0.2, 0.25) is 0 Å². The molecule has 11 heteroatoms. The first-order valence-corrected chi connectivity index (χ1v) is 12.7. The van der Waals surface area contributed by atoms with E-state index in [2.05, 4.69) is 0 Å². The predicted molar refractivity (Wildman–Crippen MR) is 151 cm³/mol. The number of aliphatic hydroxyl groups excluding tert-OH is 1. The quantitative estimate of drug-likeness (QED) is 0.176. The molecule has 3 rings (SSSR count). The summed E-state index contributed by atoms with van der Waals surface area (Å²) in [7, 11) is 4.30. The van der Waals surface area contributed by atoms with Crippen LogP contribution in [0, 0.1) is 0 Å². The van der Waals surface area contributed by atoms with Crippen LogP contribution < -0.4 is 28.4 Å². The summed E-state index contributed by atoms with van der Waals surface area (Å²) < 4.78 is 37.6. The fraction of sp³-hybridized carbons (Fsp3) is 0.258. The molecule has 11 nitrogen and oxygen atoms in total. The van der Waals surface area contributed by atoms with E-state index in [0.717, 1.165) is 0 Å². The SMILES string of the molecule is COc1cc(/C=C/C(=O)OC[C@H](Oc2ccccc2OC)[C@H](O)c2ccc(OC(C)=O)c(OC)c2)ccc1OC(C)=O. The Morgan fingerprint density at radius 2 is 1.31 bits per heavy atom. The van der Waals surface area contributed by atoms with Crippen LogP contribution in [0.4, 0.5) is 0 Å². The third-order valence-corrected chi connectivity index (χ3v) is 5.73. The number of aliphatic hydroxyl groups is 1. The molecule has 3 aromatic rings. The summed E-state index contributed by atoms with van der Waals surface area (Å²) in [6.07, 6.45) is 0.313. The number of para-hydroxylation sites is 2. The van der Waals surface area contributed by atoms with E-state index in [1.807, 2.05) is 0 Å². The van der Waals surface area contributed by atoms with Crippen molar-refractivity contribution < 1.29 is 52.6 Å². The van der Waals surface area contributed by atoms with Gasteiger partial charge in [0, 0.05) is 19.9 Å². The van der Waals surface area contributed by atoms with Gasteiger partial charge in [-0.05, 0) is 53.6 Å². The molecule has 0 aliphatic carbocycles. The van der Waals surface area contributed by atoms with Gasteiger partial charge >= 0.3 is 17.9 Å². The van der Waals surface area contributed by atoms with Crippen LogP contribution in [0.15, 0.2) is 66.7 Å². The second-order valence-electron chi connectivity index (χ2n) is 8.72. The Morgan fingerprint density at radius 3 is 1.90 bits per heavy atom. The Labute approximate surface area is 243 Å². The Balaban J connectivity index is 1.80. The summed E-state index contributed by atoms with van der Waals surface area (Å²) in [6.45, 7) is 2.20. The van der Waals surface area contributed by atoms with Gasteiger partial charge in [0.2, 0.25) is 0 Å². The molecule has 1 N–H and O–H groups in total. The van der Waals surface area contributed by atoms with E-state index < -0.39 is 30.1 Å². The Kier molecular flexibility index (Phi) is 11.3. The molecule has 0 spiro atoms. The second-order valence-corrected chi connectivity index (χ2v) is 8.72. The summed E-state index contributed by atoms with van der Waals surface area (Å²) in [5, 5.41) is 11.3. The molecule has 0 aliphatic heterocycles. The minimum atomic E-state index is -1.30. The zero-order valence-electron chi connectivity index (χ0n) is 23.8. The van der Waals surface area contributed by atoms with E-state index in [-0.39, 0.29) is 23.9 Å². The first-order valence-electron chi connectivity index (χ1n) is 12.7. The Morgan fingerprint density at radius 1 is 0.738 bits per heavy atom. The maximum Gasteiger partial charge on any atom is 0.330 e. The van der Waals surface area contributed by atoms with Gasteiger partial charge in [-0.1, -0.05) is 24.3 Å². The van der Waals surface area contributed by atoms with Crippen molar-refractivity contribution in [2.24, 2.45) is 0 Å². The molecule has 0 heterocycles. The third-order valence-electron chi connectivity index (χ3n) is 5.73. The molecule has 0 aliphatic rings. The van der Waals surface area contributed by atoms with Crippen molar-refractivity contribution in [2.45, 2.75) is 26.1 Å². The molecule has 0 bridgehead atoms. The maximum absolute atomic E-state index is 12.6. The molecular weight excluding hydrogens is 548 g/mol. The van der Waals surface area contributed by atoms with Crippen LogP contribution >= 0.6 is 0 Å². The molecule has 222 valence electrons. The number of ether oxygens (including phenoxy) is 7. The van der Waals surface area contributed by atoms with Gasteiger partial charge in [0.1, 0.15) is 12.7 Å². The van der Waals surface area contributed by atoms with E-state index in [1.165, 1.54) is 59.5 Å². The van der Waals surface area contributed by atoms with Gasteiger partial charge in [-0.15, -0.1) is 0 Å². The summed E-state index contributed by atoms with van der Waals surface area (Å²) in [6, 6.07) is 16.1. The van der Waals surface area contributed by atoms with Gasteiger partial charge in [-0.25, -0.2) is 4.79 Å².